The van der Waals surface area contributed by atoms with Crippen LogP contribution in [0.5, 0.6) is 0 Å². The fourth-order valence-corrected chi connectivity index (χ4v) is 1.54. The highest BCUT2D eigenvalue weighted by Gasteiger charge is 2.37. The molecule has 6 heteroatoms. The van der Waals surface area contributed by atoms with E-state index in [1.54, 1.807) is 35.0 Å². The molecule has 0 saturated heterocycles. The molecule has 0 spiro atoms. The first kappa shape index (κ1) is 19.0. The van der Waals surface area contributed by atoms with Crippen molar-refractivity contribution in [2.24, 2.45) is 5.41 Å². The summed E-state index contributed by atoms with van der Waals surface area (Å²) in [5.74, 6) is -0.647. The minimum absolute atomic E-state index is 0.164. The number of nitrogens with zero attached hydrogens (tertiary/aromatic N) is 1. The number of carbonyl (C=O) groups excluding carboxylic acids is 2. The molecule has 0 aliphatic heterocycles. The molecule has 118 valence electrons. The van der Waals surface area contributed by atoms with Gasteiger partial charge in [0.1, 0.15) is 5.41 Å². The molecule has 0 bridgehead atoms. The highest BCUT2D eigenvalue weighted by molar-refractivity contribution is 6.03. The third kappa shape index (κ3) is 6.45. The van der Waals surface area contributed by atoms with Gasteiger partial charge in [-0.05, 0) is 20.8 Å². The summed E-state index contributed by atoms with van der Waals surface area (Å²) in [5, 5.41) is 0. The van der Waals surface area contributed by atoms with Crippen LogP contribution in [0, 0.1) is 5.41 Å². The molecule has 6 nitrogen and oxygen atoms in total. The average molecular weight is 289 g/mol. The van der Waals surface area contributed by atoms with Crippen molar-refractivity contribution < 1.29 is 23.8 Å². The fraction of sp³-hybridized carbons (Fsp3) is 0.857. The Balaban J connectivity index is 4.58. The van der Waals surface area contributed by atoms with Crippen LogP contribution in [-0.2, 0) is 23.8 Å². The standard InChI is InChI=1S/C14H27NO5/c1-6-20-13(17)14(2,3)12(16)11-15(7-9-18-4)8-10-19-5/h6-11H2,1-5H3. The number of carbonyl (C=O) groups is 2. The van der Waals surface area contributed by atoms with Crippen LogP contribution in [0.25, 0.3) is 0 Å². The molecule has 0 aromatic carbocycles. The normalized spacial score (nSPS) is 11.7. The van der Waals surface area contributed by atoms with Crippen molar-refractivity contribution in [1.82, 2.24) is 4.90 Å². The van der Waals surface area contributed by atoms with Crippen LogP contribution in [0.2, 0.25) is 0 Å². The Morgan fingerprint density at radius 3 is 1.95 bits per heavy atom. The van der Waals surface area contributed by atoms with Gasteiger partial charge < -0.3 is 14.2 Å². The topological polar surface area (TPSA) is 65.1 Å². The first-order valence-corrected chi connectivity index (χ1v) is 6.80. The van der Waals surface area contributed by atoms with E-state index < -0.39 is 11.4 Å². The Hall–Kier alpha value is -0.980. The second-order valence-corrected chi connectivity index (χ2v) is 5.03. The van der Waals surface area contributed by atoms with Crippen LogP contribution in [-0.4, -0.2) is 70.3 Å². The highest BCUT2D eigenvalue weighted by Crippen LogP contribution is 2.19. The van der Waals surface area contributed by atoms with E-state index in [4.69, 9.17) is 14.2 Å². The SMILES string of the molecule is CCOC(=O)C(C)(C)C(=O)CN(CCOC)CCOC. The minimum Gasteiger partial charge on any atom is -0.465 e. The lowest BCUT2D eigenvalue weighted by atomic mass is 9.88. The van der Waals surface area contributed by atoms with Gasteiger partial charge in [0.25, 0.3) is 0 Å². The molecule has 0 atom stereocenters. The molecule has 0 aromatic heterocycles. The summed E-state index contributed by atoms with van der Waals surface area (Å²) in [7, 11) is 3.22. The predicted octanol–water partition coefficient (Wildman–Crippen LogP) is 0.740. The molecule has 20 heavy (non-hydrogen) atoms. The van der Waals surface area contributed by atoms with Gasteiger partial charge in [0.2, 0.25) is 0 Å². The minimum atomic E-state index is -1.13. The van der Waals surface area contributed by atoms with Gasteiger partial charge in [0.05, 0.1) is 26.4 Å². The van der Waals surface area contributed by atoms with Crippen LogP contribution < -0.4 is 0 Å². The van der Waals surface area contributed by atoms with Gasteiger partial charge in [-0.1, -0.05) is 0 Å². The van der Waals surface area contributed by atoms with Gasteiger partial charge in [-0.2, -0.15) is 0 Å². The van der Waals surface area contributed by atoms with Gasteiger partial charge in [0.15, 0.2) is 5.78 Å². The molecule has 0 radical (unpaired) electrons. The lowest BCUT2D eigenvalue weighted by molar-refractivity contribution is -0.158. The summed E-state index contributed by atoms with van der Waals surface area (Å²) in [5.41, 5.74) is -1.13. The summed E-state index contributed by atoms with van der Waals surface area (Å²) >= 11 is 0. The van der Waals surface area contributed by atoms with Crippen LogP contribution in [0.4, 0.5) is 0 Å². The monoisotopic (exact) mass is 289 g/mol. The quantitative estimate of drug-likeness (QED) is 0.413. The van der Waals surface area contributed by atoms with Crippen molar-refractivity contribution in [3.63, 3.8) is 0 Å². The molecular weight excluding hydrogens is 262 g/mol. The van der Waals surface area contributed by atoms with E-state index in [2.05, 4.69) is 0 Å². The van der Waals surface area contributed by atoms with Gasteiger partial charge >= 0.3 is 5.97 Å². The number of ether oxygens (including phenoxy) is 3. The van der Waals surface area contributed by atoms with Crippen molar-refractivity contribution in [1.29, 1.82) is 0 Å². The molecule has 0 aliphatic rings. The maximum absolute atomic E-state index is 12.3. The number of ketones is 1. The van der Waals surface area contributed by atoms with Crippen molar-refractivity contribution >= 4 is 11.8 Å². The lowest BCUT2D eigenvalue weighted by Gasteiger charge is -2.26. The second kappa shape index (κ2) is 9.85. The Bertz CT molecular complexity index is 296. The van der Waals surface area contributed by atoms with Gasteiger partial charge in [-0.15, -0.1) is 0 Å². The molecule has 0 saturated carbocycles. The second-order valence-electron chi connectivity index (χ2n) is 5.03. The summed E-state index contributed by atoms with van der Waals surface area (Å²) in [6.45, 7) is 7.64. The summed E-state index contributed by atoms with van der Waals surface area (Å²) in [6, 6.07) is 0. The van der Waals surface area contributed by atoms with Gasteiger partial charge in [0, 0.05) is 27.3 Å². The third-order valence-corrected chi connectivity index (χ3v) is 3.07. The van der Waals surface area contributed by atoms with Gasteiger partial charge in [-0.3, -0.25) is 14.5 Å². The van der Waals surface area contributed by atoms with E-state index in [0.29, 0.717) is 26.3 Å². The summed E-state index contributed by atoms with van der Waals surface area (Å²) in [4.78, 5) is 26.0. The van der Waals surface area contributed by atoms with Crippen molar-refractivity contribution in [2.75, 3.05) is 53.7 Å². The zero-order chi connectivity index (χ0) is 15.6. The number of hydrogen-bond acceptors (Lipinski definition) is 6. The molecule has 0 aliphatic carbocycles. The molecular formula is C14H27NO5. The van der Waals surface area contributed by atoms with E-state index in [1.807, 2.05) is 4.90 Å². The summed E-state index contributed by atoms with van der Waals surface area (Å²) < 4.78 is 15.0. The van der Waals surface area contributed by atoms with E-state index in [-0.39, 0.29) is 18.9 Å². The van der Waals surface area contributed by atoms with E-state index >= 15 is 0 Å². The maximum atomic E-state index is 12.3. The molecule has 0 unspecified atom stereocenters. The first-order valence-electron chi connectivity index (χ1n) is 6.80. The van der Waals surface area contributed by atoms with Crippen LogP contribution in [0.3, 0.4) is 0 Å². The fourth-order valence-electron chi connectivity index (χ4n) is 1.54. The van der Waals surface area contributed by atoms with Crippen molar-refractivity contribution in [3.05, 3.63) is 0 Å². The number of rotatable bonds is 11. The van der Waals surface area contributed by atoms with Crippen LogP contribution >= 0.6 is 0 Å². The Kier molecular flexibility index (Phi) is 9.37. The van der Waals surface area contributed by atoms with E-state index in [9.17, 15) is 9.59 Å². The Labute approximate surface area is 121 Å². The third-order valence-electron chi connectivity index (χ3n) is 3.07. The molecule has 0 N–H and O–H groups in total. The number of esters is 1. The molecule has 0 rings (SSSR count). The molecule has 0 heterocycles. The zero-order valence-electron chi connectivity index (χ0n) is 13.2. The number of Topliss-reactive ketones (excluding diaryl/α,β-unsaturated/α-hetero) is 1. The van der Waals surface area contributed by atoms with Gasteiger partial charge in [-0.25, -0.2) is 0 Å². The first-order chi connectivity index (χ1) is 9.39. The smallest absolute Gasteiger partial charge is 0.319 e. The van der Waals surface area contributed by atoms with E-state index in [1.165, 1.54) is 0 Å². The zero-order valence-corrected chi connectivity index (χ0v) is 13.2. The number of hydrogen-bond donors (Lipinski definition) is 0. The van der Waals surface area contributed by atoms with Crippen LogP contribution in [0.15, 0.2) is 0 Å². The lowest BCUT2D eigenvalue weighted by Crippen LogP contribution is -2.44. The molecule has 0 fully saturated rings. The Morgan fingerprint density at radius 2 is 1.55 bits per heavy atom. The predicted molar refractivity (Wildman–Crippen MR) is 75.6 cm³/mol. The maximum Gasteiger partial charge on any atom is 0.319 e. The highest BCUT2D eigenvalue weighted by atomic mass is 16.5. The van der Waals surface area contributed by atoms with Crippen molar-refractivity contribution in [3.8, 4) is 0 Å². The summed E-state index contributed by atoms with van der Waals surface area (Å²) in [6.07, 6.45) is 0. The molecule has 0 aromatic rings. The van der Waals surface area contributed by atoms with E-state index in [0.717, 1.165) is 0 Å². The van der Waals surface area contributed by atoms with Crippen LogP contribution in [0.1, 0.15) is 20.8 Å². The molecule has 0 amide bonds. The van der Waals surface area contributed by atoms with Crippen molar-refractivity contribution in [2.45, 2.75) is 20.8 Å². The largest absolute Gasteiger partial charge is 0.465 e. The number of methoxy groups -OCH3 is 2. The Morgan fingerprint density at radius 1 is 1.05 bits per heavy atom. The average Bonchev–Trinajstić information content (AvgIpc) is 2.41.